The van der Waals surface area contributed by atoms with Gasteiger partial charge in [-0.25, -0.2) is 0 Å². The number of likely N-dealkylation sites (tertiary alicyclic amines) is 1. The molecular weight excluding hydrogens is 328 g/mol. The summed E-state index contributed by atoms with van der Waals surface area (Å²) in [6.45, 7) is 10.1. The number of nitrogens with two attached hydrogens (primary N) is 1. The number of hydrogen-bond donors (Lipinski definition) is 3. The lowest BCUT2D eigenvalue weighted by molar-refractivity contribution is -0.901. The molecule has 6 atom stereocenters. The van der Waals surface area contributed by atoms with Crippen LogP contribution < -0.4 is 10.2 Å². The van der Waals surface area contributed by atoms with Gasteiger partial charge in [0.1, 0.15) is 25.1 Å². The van der Waals surface area contributed by atoms with Crippen LogP contribution in [0.25, 0.3) is 0 Å². The zero-order valence-electron chi connectivity index (χ0n) is 16.4. The van der Waals surface area contributed by atoms with E-state index in [0.717, 1.165) is 32.4 Å². The van der Waals surface area contributed by atoms with E-state index in [1.165, 1.54) is 38.0 Å². The number of fused-ring (bicyclic) bond motifs is 2. The number of allylic oxidation sites excluding steroid dienone is 1. The molecule has 2 aliphatic carbocycles. The van der Waals surface area contributed by atoms with Crippen LogP contribution in [0.1, 0.15) is 46.0 Å². The summed E-state index contributed by atoms with van der Waals surface area (Å²) >= 11 is 0. The highest BCUT2D eigenvalue weighted by Gasteiger charge is 2.60. The van der Waals surface area contributed by atoms with Gasteiger partial charge in [-0.2, -0.15) is 0 Å². The monoisotopic (exact) mass is 364 g/mol. The number of aliphatic hydroxyl groups is 1. The highest BCUT2D eigenvalue weighted by molar-refractivity contribution is 5.76. The molecular formula is C21H36N2O3+2. The van der Waals surface area contributed by atoms with E-state index in [1.54, 1.807) is 4.90 Å². The zero-order chi connectivity index (χ0) is 18.3. The molecule has 2 aliphatic heterocycles. The van der Waals surface area contributed by atoms with Gasteiger partial charge in [0.25, 0.3) is 0 Å². The second-order valence-electron chi connectivity index (χ2n) is 9.32. The zero-order valence-corrected chi connectivity index (χ0v) is 16.4. The molecule has 26 heavy (non-hydrogen) atoms. The van der Waals surface area contributed by atoms with Gasteiger partial charge >= 0.3 is 5.97 Å². The fourth-order valence-electron chi connectivity index (χ4n) is 6.06. The first kappa shape index (κ1) is 18.5. The van der Waals surface area contributed by atoms with Crippen molar-refractivity contribution in [2.75, 3.05) is 32.7 Å². The second kappa shape index (κ2) is 7.25. The quantitative estimate of drug-likeness (QED) is 0.350. The average Bonchev–Trinajstić information content (AvgIpc) is 3.23. The molecule has 146 valence electrons. The van der Waals surface area contributed by atoms with Gasteiger partial charge in [0, 0.05) is 30.6 Å². The van der Waals surface area contributed by atoms with E-state index in [4.69, 9.17) is 4.74 Å². The molecule has 0 radical (unpaired) electrons. The highest BCUT2D eigenvalue weighted by atomic mass is 16.6. The Balaban J connectivity index is 1.41. The summed E-state index contributed by atoms with van der Waals surface area (Å²) in [6, 6.07) is 0. The Hall–Kier alpha value is -0.910. The van der Waals surface area contributed by atoms with Crippen molar-refractivity contribution in [3.63, 3.8) is 0 Å². The first-order chi connectivity index (χ1) is 12.5. The largest absolute Gasteiger partial charge is 0.461 e. The molecule has 3 fully saturated rings. The lowest BCUT2D eigenvalue weighted by atomic mass is 9.55. The summed E-state index contributed by atoms with van der Waals surface area (Å²) in [4.78, 5) is 14.2. The Labute approximate surface area is 157 Å². The Morgan fingerprint density at radius 2 is 2.15 bits per heavy atom. The lowest BCUT2D eigenvalue weighted by Gasteiger charge is -2.51. The van der Waals surface area contributed by atoms with Crippen molar-refractivity contribution >= 4 is 5.97 Å². The van der Waals surface area contributed by atoms with Gasteiger partial charge in [-0.15, -0.1) is 0 Å². The lowest BCUT2D eigenvalue weighted by Crippen LogP contribution is -3.13. The van der Waals surface area contributed by atoms with Crippen molar-refractivity contribution in [2.24, 2.45) is 23.2 Å². The molecule has 0 aromatic heterocycles. The molecule has 0 spiro atoms. The van der Waals surface area contributed by atoms with Crippen molar-refractivity contribution in [1.29, 1.82) is 0 Å². The van der Waals surface area contributed by atoms with Gasteiger partial charge in [0.2, 0.25) is 0 Å². The summed E-state index contributed by atoms with van der Waals surface area (Å²) < 4.78 is 5.74. The first-order valence-electron chi connectivity index (χ1n) is 10.7. The molecule has 0 aromatic carbocycles. The van der Waals surface area contributed by atoms with Crippen LogP contribution in [0.4, 0.5) is 0 Å². The maximum absolute atomic E-state index is 12.6. The summed E-state index contributed by atoms with van der Waals surface area (Å²) in [7, 11) is 0. The minimum absolute atomic E-state index is 0.0411. The highest BCUT2D eigenvalue weighted by Crippen LogP contribution is 2.55. The SMILES string of the molecule is C[C@@H]1CCC=C2C[C@H]3OC(=O)[C@@H](C[NH2+]CC[NH+]4CCCC4)[C@H]3[C@H](O)[C@@]21C. The molecule has 0 aromatic rings. The van der Waals surface area contributed by atoms with Crippen LogP contribution in [0.5, 0.6) is 0 Å². The number of aliphatic hydroxyl groups excluding tert-OH is 1. The van der Waals surface area contributed by atoms with Crippen LogP contribution in [0, 0.1) is 23.2 Å². The van der Waals surface area contributed by atoms with Crippen molar-refractivity contribution in [1.82, 2.24) is 0 Å². The van der Waals surface area contributed by atoms with Crippen LogP contribution in [-0.2, 0) is 9.53 Å². The normalized spacial score (nSPS) is 43.0. The van der Waals surface area contributed by atoms with E-state index >= 15 is 0 Å². The third-order valence-corrected chi connectivity index (χ3v) is 8.00. The molecule has 2 saturated heterocycles. The minimum atomic E-state index is -0.475. The van der Waals surface area contributed by atoms with Crippen LogP contribution in [-0.4, -0.2) is 56.0 Å². The van der Waals surface area contributed by atoms with E-state index in [2.05, 4.69) is 25.2 Å². The number of rotatable bonds is 5. The van der Waals surface area contributed by atoms with Gasteiger partial charge < -0.3 is 20.1 Å². The van der Waals surface area contributed by atoms with Crippen LogP contribution >= 0.6 is 0 Å². The van der Waals surface area contributed by atoms with E-state index < -0.39 is 6.10 Å². The van der Waals surface area contributed by atoms with Crippen molar-refractivity contribution in [2.45, 2.75) is 58.2 Å². The Bertz CT molecular complexity index is 572. The summed E-state index contributed by atoms with van der Waals surface area (Å²) in [5, 5.41) is 13.6. The first-order valence-corrected chi connectivity index (χ1v) is 10.7. The van der Waals surface area contributed by atoms with E-state index in [-0.39, 0.29) is 29.3 Å². The molecule has 0 unspecified atom stereocenters. The van der Waals surface area contributed by atoms with Crippen LogP contribution in [0.2, 0.25) is 0 Å². The summed E-state index contributed by atoms with van der Waals surface area (Å²) in [5.74, 6) is 0.175. The third kappa shape index (κ3) is 3.02. The predicted molar refractivity (Wildman–Crippen MR) is 98.5 cm³/mol. The number of carbonyl (C=O) groups is 1. The summed E-state index contributed by atoms with van der Waals surface area (Å²) in [6.07, 6.45) is 7.44. The van der Waals surface area contributed by atoms with Gasteiger partial charge in [-0.1, -0.05) is 25.5 Å². The molecule has 4 aliphatic rings. The fraction of sp³-hybridized carbons (Fsp3) is 0.857. The summed E-state index contributed by atoms with van der Waals surface area (Å²) in [5.41, 5.74) is 1.13. The van der Waals surface area contributed by atoms with E-state index in [9.17, 15) is 9.90 Å². The molecule has 4 N–H and O–H groups in total. The van der Waals surface area contributed by atoms with Crippen molar-refractivity contribution in [3.05, 3.63) is 11.6 Å². The minimum Gasteiger partial charge on any atom is -0.461 e. The van der Waals surface area contributed by atoms with Crippen molar-refractivity contribution in [3.8, 4) is 0 Å². The van der Waals surface area contributed by atoms with Crippen molar-refractivity contribution < 1.29 is 24.9 Å². The maximum Gasteiger partial charge on any atom is 0.315 e. The molecule has 0 amide bonds. The fourth-order valence-corrected chi connectivity index (χ4v) is 6.06. The smallest absolute Gasteiger partial charge is 0.315 e. The van der Waals surface area contributed by atoms with Gasteiger partial charge in [-0.3, -0.25) is 4.79 Å². The van der Waals surface area contributed by atoms with E-state index in [0.29, 0.717) is 5.92 Å². The van der Waals surface area contributed by atoms with Crippen LogP contribution in [0.3, 0.4) is 0 Å². The topological polar surface area (TPSA) is 67.6 Å². The Morgan fingerprint density at radius 3 is 2.92 bits per heavy atom. The molecule has 4 rings (SSSR count). The molecule has 5 nitrogen and oxygen atoms in total. The Kier molecular flexibility index (Phi) is 5.15. The third-order valence-electron chi connectivity index (χ3n) is 8.00. The second-order valence-corrected chi connectivity index (χ2v) is 9.32. The predicted octanol–water partition coefficient (Wildman–Crippen LogP) is -0.486. The van der Waals surface area contributed by atoms with Gasteiger partial charge in [0.15, 0.2) is 0 Å². The van der Waals surface area contributed by atoms with Crippen LogP contribution in [0.15, 0.2) is 11.6 Å². The standard InChI is InChI=1S/C21H34N2O3/c1-14-6-5-7-15-12-17-18(19(24)21(14,15)2)16(20(25)26-17)13-22-8-11-23-9-3-4-10-23/h7,14,16-19,22,24H,3-6,8-13H2,1-2H3/p+2/t14-,16+,17-,18-,19+,21-/m1/s1. The number of nitrogens with one attached hydrogen (secondary N) is 1. The molecule has 1 saturated carbocycles. The van der Waals surface area contributed by atoms with Gasteiger partial charge in [-0.05, 0) is 18.8 Å². The number of carbonyl (C=O) groups excluding carboxylic acids is 1. The molecule has 2 heterocycles. The molecule has 0 bridgehead atoms. The average molecular weight is 365 g/mol. The number of esters is 1. The number of ether oxygens (including phenoxy) is 1. The van der Waals surface area contributed by atoms with Gasteiger partial charge in [0.05, 0.1) is 25.7 Å². The maximum atomic E-state index is 12.6. The van der Waals surface area contributed by atoms with E-state index in [1.807, 2.05) is 0 Å². The number of quaternary nitrogens is 2. The Morgan fingerprint density at radius 1 is 1.38 bits per heavy atom. The molecule has 5 heteroatoms. The number of hydrogen-bond acceptors (Lipinski definition) is 3.